The van der Waals surface area contributed by atoms with Crippen LogP contribution in [0.4, 0.5) is 10.1 Å². The van der Waals surface area contributed by atoms with Gasteiger partial charge >= 0.3 is 0 Å². The second-order valence-electron chi connectivity index (χ2n) is 8.32. The Bertz CT molecular complexity index is 1240. The van der Waals surface area contributed by atoms with Crippen molar-refractivity contribution < 1.29 is 26.8 Å². The third-order valence-electron chi connectivity index (χ3n) is 5.89. The summed E-state index contributed by atoms with van der Waals surface area (Å²) in [4.78, 5) is 27.5. The molecule has 0 saturated carbocycles. The molecule has 0 radical (unpaired) electrons. The van der Waals surface area contributed by atoms with Gasteiger partial charge in [0, 0.05) is 24.7 Å². The highest BCUT2D eigenvalue weighted by Crippen LogP contribution is 2.26. The summed E-state index contributed by atoms with van der Waals surface area (Å²) in [6.45, 7) is 0.270. The maximum absolute atomic E-state index is 13.4. The minimum atomic E-state index is -3.78. The molecular formula is C25H26FN3O5S. The van der Waals surface area contributed by atoms with Crippen LogP contribution in [0, 0.1) is 11.7 Å². The van der Waals surface area contributed by atoms with Gasteiger partial charge in [-0.3, -0.25) is 9.59 Å². The van der Waals surface area contributed by atoms with Gasteiger partial charge < -0.3 is 14.6 Å². The zero-order chi connectivity index (χ0) is 24.8. The Labute approximate surface area is 203 Å². The lowest BCUT2D eigenvalue weighted by Gasteiger charge is -2.33. The van der Waals surface area contributed by atoms with Gasteiger partial charge in [0.05, 0.1) is 17.7 Å². The zero-order valence-corrected chi connectivity index (χ0v) is 19.8. The molecule has 1 saturated heterocycles. The quantitative estimate of drug-likeness (QED) is 0.512. The predicted molar refractivity (Wildman–Crippen MR) is 127 cm³/mol. The lowest BCUT2D eigenvalue weighted by molar-refractivity contribution is -0.140. The average Bonchev–Trinajstić information content (AvgIpc) is 3.37. The van der Waals surface area contributed by atoms with Crippen LogP contribution in [0.15, 0.2) is 82.3 Å². The first kappa shape index (κ1) is 24.6. The van der Waals surface area contributed by atoms with E-state index in [0.717, 1.165) is 12.1 Å². The topological polar surface area (TPSA) is 99.9 Å². The number of nitrogens with zero attached hydrogens (tertiary/aromatic N) is 2. The SMILES string of the molecule is O=C(CN(Cc1ccco1)C(=O)C1CCN(S(=O)(=O)c2ccc(F)cc2)CC1)Nc1ccccc1. The number of hydrogen-bond acceptors (Lipinski definition) is 5. The van der Waals surface area contributed by atoms with Crippen molar-refractivity contribution in [1.29, 1.82) is 0 Å². The molecule has 1 aliphatic heterocycles. The highest BCUT2D eigenvalue weighted by molar-refractivity contribution is 7.89. The lowest BCUT2D eigenvalue weighted by atomic mass is 9.96. The Hall–Kier alpha value is -3.50. The molecule has 10 heteroatoms. The van der Waals surface area contributed by atoms with E-state index in [0.29, 0.717) is 24.3 Å². The number of carbonyl (C=O) groups is 2. The molecule has 4 rings (SSSR count). The summed E-state index contributed by atoms with van der Waals surface area (Å²) < 4.78 is 45.6. The minimum absolute atomic E-state index is 0.0145. The van der Waals surface area contributed by atoms with E-state index in [4.69, 9.17) is 4.42 Å². The van der Waals surface area contributed by atoms with Gasteiger partial charge in [-0.2, -0.15) is 4.31 Å². The molecular weight excluding hydrogens is 473 g/mol. The molecule has 184 valence electrons. The number of sulfonamides is 1. The summed E-state index contributed by atoms with van der Waals surface area (Å²) in [5, 5.41) is 2.78. The third kappa shape index (κ3) is 6.14. The number of benzene rings is 2. The Kier molecular flexibility index (Phi) is 7.62. The van der Waals surface area contributed by atoms with Gasteiger partial charge in [-0.05, 0) is 61.4 Å². The maximum atomic E-state index is 13.4. The van der Waals surface area contributed by atoms with Gasteiger partial charge in [0.1, 0.15) is 18.1 Å². The number of rotatable bonds is 8. The number of halogens is 1. The van der Waals surface area contributed by atoms with E-state index in [1.807, 2.05) is 6.07 Å². The first-order chi connectivity index (χ1) is 16.8. The third-order valence-corrected chi connectivity index (χ3v) is 7.80. The fourth-order valence-electron chi connectivity index (χ4n) is 4.05. The molecule has 0 aliphatic carbocycles. The molecule has 35 heavy (non-hydrogen) atoms. The van der Waals surface area contributed by atoms with Crippen molar-refractivity contribution in [2.45, 2.75) is 24.3 Å². The Balaban J connectivity index is 1.41. The van der Waals surface area contributed by atoms with Crippen molar-refractivity contribution in [2.24, 2.45) is 5.92 Å². The van der Waals surface area contributed by atoms with Gasteiger partial charge in [0.2, 0.25) is 21.8 Å². The number of piperidine rings is 1. The molecule has 2 heterocycles. The number of amides is 2. The number of anilines is 1. The Morgan fingerprint density at radius 2 is 1.69 bits per heavy atom. The number of nitrogens with one attached hydrogen (secondary N) is 1. The van der Waals surface area contributed by atoms with Crippen LogP contribution >= 0.6 is 0 Å². The highest BCUT2D eigenvalue weighted by atomic mass is 32.2. The Morgan fingerprint density at radius 1 is 1.00 bits per heavy atom. The van der Waals surface area contributed by atoms with Crippen molar-refractivity contribution >= 4 is 27.5 Å². The molecule has 1 fully saturated rings. The molecule has 0 spiro atoms. The van der Waals surface area contributed by atoms with Crippen LogP contribution in [0.5, 0.6) is 0 Å². The van der Waals surface area contributed by atoms with Crippen LogP contribution < -0.4 is 5.32 Å². The van der Waals surface area contributed by atoms with E-state index in [9.17, 15) is 22.4 Å². The number of furan rings is 1. The van der Waals surface area contributed by atoms with Crippen LogP contribution in [-0.4, -0.2) is 49.1 Å². The van der Waals surface area contributed by atoms with Gasteiger partial charge in [0.15, 0.2) is 0 Å². The monoisotopic (exact) mass is 499 g/mol. The lowest BCUT2D eigenvalue weighted by Crippen LogP contribution is -2.46. The number of para-hydroxylation sites is 1. The van der Waals surface area contributed by atoms with Gasteiger partial charge in [-0.1, -0.05) is 18.2 Å². The molecule has 1 aromatic heterocycles. The predicted octanol–water partition coefficient (Wildman–Crippen LogP) is 3.49. The molecule has 0 atom stereocenters. The van der Waals surface area contributed by atoms with Gasteiger partial charge in [-0.25, -0.2) is 12.8 Å². The average molecular weight is 500 g/mol. The maximum Gasteiger partial charge on any atom is 0.244 e. The van der Waals surface area contributed by atoms with E-state index in [1.54, 1.807) is 36.4 Å². The smallest absolute Gasteiger partial charge is 0.244 e. The largest absolute Gasteiger partial charge is 0.467 e. The number of carbonyl (C=O) groups excluding carboxylic acids is 2. The summed E-state index contributed by atoms with van der Waals surface area (Å²) in [7, 11) is -3.78. The fourth-order valence-corrected chi connectivity index (χ4v) is 5.52. The summed E-state index contributed by atoms with van der Waals surface area (Å²) >= 11 is 0. The van der Waals surface area contributed by atoms with E-state index in [-0.39, 0.29) is 42.9 Å². The molecule has 8 nitrogen and oxygen atoms in total. The second kappa shape index (κ2) is 10.8. The van der Waals surface area contributed by atoms with Crippen molar-refractivity contribution in [3.05, 3.63) is 84.6 Å². The number of hydrogen-bond donors (Lipinski definition) is 1. The van der Waals surface area contributed by atoms with Crippen LogP contribution in [0.2, 0.25) is 0 Å². The molecule has 1 aliphatic rings. The first-order valence-corrected chi connectivity index (χ1v) is 12.7. The van der Waals surface area contributed by atoms with Gasteiger partial charge in [0.25, 0.3) is 0 Å². The van der Waals surface area contributed by atoms with E-state index < -0.39 is 21.8 Å². The normalized spacial score (nSPS) is 15.0. The van der Waals surface area contributed by atoms with Crippen molar-refractivity contribution in [3.63, 3.8) is 0 Å². The highest BCUT2D eigenvalue weighted by Gasteiger charge is 2.34. The van der Waals surface area contributed by atoms with Gasteiger partial charge in [-0.15, -0.1) is 0 Å². The van der Waals surface area contributed by atoms with Crippen LogP contribution in [0.3, 0.4) is 0 Å². The van der Waals surface area contributed by atoms with E-state index in [2.05, 4.69) is 5.32 Å². The fraction of sp³-hybridized carbons (Fsp3) is 0.280. The standard InChI is InChI=1S/C25H26FN3O5S/c26-20-8-10-23(11-9-20)35(32,33)29-14-12-19(13-15-29)25(31)28(17-22-7-4-16-34-22)18-24(30)27-21-5-2-1-3-6-21/h1-11,16,19H,12-15,17-18H2,(H,27,30). The van der Waals surface area contributed by atoms with Crippen molar-refractivity contribution in [2.75, 3.05) is 25.0 Å². The van der Waals surface area contributed by atoms with Crippen molar-refractivity contribution in [3.8, 4) is 0 Å². The van der Waals surface area contributed by atoms with Crippen LogP contribution in [-0.2, 0) is 26.2 Å². The minimum Gasteiger partial charge on any atom is -0.467 e. The molecule has 0 unspecified atom stereocenters. The second-order valence-corrected chi connectivity index (χ2v) is 10.3. The van der Waals surface area contributed by atoms with E-state index >= 15 is 0 Å². The summed E-state index contributed by atoms with van der Waals surface area (Å²) in [6, 6.07) is 17.1. The molecule has 0 bridgehead atoms. The van der Waals surface area contributed by atoms with Crippen LogP contribution in [0.1, 0.15) is 18.6 Å². The summed E-state index contributed by atoms with van der Waals surface area (Å²) in [5.41, 5.74) is 0.627. The first-order valence-electron chi connectivity index (χ1n) is 11.2. The zero-order valence-electron chi connectivity index (χ0n) is 19.0. The molecule has 2 aromatic carbocycles. The van der Waals surface area contributed by atoms with Crippen molar-refractivity contribution in [1.82, 2.24) is 9.21 Å². The van der Waals surface area contributed by atoms with Crippen LogP contribution in [0.25, 0.3) is 0 Å². The Morgan fingerprint density at radius 3 is 2.31 bits per heavy atom. The molecule has 3 aromatic rings. The molecule has 1 N–H and O–H groups in total. The van der Waals surface area contributed by atoms with E-state index in [1.165, 1.54) is 27.6 Å². The molecule has 2 amide bonds. The summed E-state index contributed by atoms with van der Waals surface area (Å²) in [6.07, 6.45) is 2.13. The summed E-state index contributed by atoms with van der Waals surface area (Å²) in [5.74, 6) is -0.978.